The highest BCUT2D eigenvalue weighted by atomic mass is 35.5. The van der Waals surface area contributed by atoms with Crippen molar-refractivity contribution in [2.45, 2.75) is 78.5 Å². The molecule has 4 rings (SSSR count). The van der Waals surface area contributed by atoms with Gasteiger partial charge in [0, 0.05) is 17.0 Å². The number of thiophene rings is 1. The summed E-state index contributed by atoms with van der Waals surface area (Å²) in [5.41, 5.74) is 2.27. The van der Waals surface area contributed by atoms with Gasteiger partial charge in [-0.15, -0.1) is 21.5 Å². The number of halogens is 2. The van der Waals surface area contributed by atoms with E-state index in [2.05, 4.69) is 47.7 Å². The van der Waals surface area contributed by atoms with E-state index >= 15 is 0 Å². The highest BCUT2D eigenvalue weighted by Crippen LogP contribution is 2.44. The van der Waals surface area contributed by atoms with Crippen LogP contribution in [-0.4, -0.2) is 32.3 Å². The van der Waals surface area contributed by atoms with Gasteiger partial charge in [-0.25, -0.2) is 0 Å². The molecule has 0 radical (unpaired) electrons. The SMILES string of the molecule is CCn1c(SCC(=O)Nc2sc3c(c2C#N)CC[C@@H](C(C)(C)C)C3)nnc1[C@@H](NC(=O)c1ccc(Cl)c(Cl)c1)C(C)C. The molecule has 2 aromatic heterocycles. The summed E-state index contributed by atoms with van der Waals surface area (Å²) in [5, 5.41) is 26.5. The van der Waals surface area contributed by atoms with Gasteiger partial charge in [0.25, 0.3) is 5.91 Å². The van der Waals surface area contributed by atoms with E-state index in [0.717, 1.165) is 24.8 Å². The molecule has 0 saturated heterocycles. The molecule has 224 valence electrons. The molecule has 12 heteroatoms. The summed E-state index contributed by atoms with van der Waals surface area (Å²) in [7, 11) is 0. The van der Waals surface area contributed by atoms with Crippen LogP contribution < -0.4 is 10.6 Å². The Hall–Kier alpha value is -2.58. The second-order valence-electron chi connectivity index (χ2n) is 11.9. The lowest BCUT2D eigenvalue weighted by Gasteiger charge is -2.33. The maximum absolute atomic E-state index is 13.0. The summed E-state index contributed by atoms with van der Waals surface area (Å²) in [5.74, 6) is 0.773. The van der Waals surface area contributed by atoms with Crippen LogP contribution in [0.2, 0.25) is 10.0 Å². The number of carbonyl (C=O) groups is 2. The second-order valence-corrected chi connectivity index (χ2v) is 14.7. The molecule has 0 aliphatic heterocycles. The van der Waals surface area contributed by atoms with Crippen molar-refractivity contribution >= 4 is 63.1 Å². The number of fused-ring (bicyclic) bond motifs is 1. The zero-order valence-electron chi connectivity index (χ0n) is 24.7. The number of carbonyl (C=O) groups excluding carboxylic acids is 2. The Balaban J connectivity index is 1.45. The molecule has 0 bridgehead atoms. The number of aromatic nitrogens is 3. The molecule has 0 spiro atoms. The van der Waals surface area contributed by atoms with Crippen LogP contribution in [0.1, 0.15) is 86.2 Å². The number of amides is 2. The molecule has 1 aliphatic carbocycles. The fraction of sp³-hybridized carbons (Fsp3) is 0.500. The molecule has 0 fully saturated rings. The van der Waals surface area contributed by atoms with Gasteiger partial charge in [-0.2, -0.15) is 5.26 Å². The van der Waals surface area contributed by atoms with Crippen molar-refractivity contribution in [3.63, 3.8) is 0 Å². The first kappa shape index (κ1) is 32.3. The number of hydrogen-bond acceptors (Lipinski definition) is 7. The van der Waals surface area contributed by atoms with Crippen LogP contribution in [0.5, 0.6) is 0 Å². The lowest BCUT2D eigenvalue weighted by Crippen LogP contribution is -2.33. The number of nitrogens with one attached hydrogen (secondary N) is 2. The van der Waals surface area contributed by atoms with Gasteiger partial charge in [-0.05, 0) is 67.2 Å². The summed E-state index contributed by atoms with van der Waals surface area (Å²) < 4.78 is 1.91. The lowest BCUT2D eigenvalue weighted by molar-refractivity contribution is -0.113. The lowest BCUT2D eigenvalue weighted by atomic mass is 9.72. The van der Waals surface area contributed by atoms with E-state index in [0.29, 0.717) is 49.6 Å². The van der Waals surface area contributed by atoms with E-state index in [1.54, 1.807) is 12.1 Å². The minimum Gasteiger partial charge on any atom is -0.342 e. The number of thioether (sulfide) groups is 1. The van der Waals surface area contributed by atoms with Crippen LogP contribution in [0.3, 0.4) is 0 Å². The van der Waals surface area contributed by atoms with E-state index < -0.39 is 6.04 Å². The van der Waals surface area contributed by atoms with Crippen LogP contribution in [0.15, 0.2) is 23.4 Å². The second kappa shape index (κ2) is 13.4. The predicted molar refractivity (Wildman–Crippen MR) is 171 cm³/mol. The number of anilines is 1. The topological polar surface area (TPSA) is 113 Å². The molecule has 2 atom stereocenters. The monoisotopic (exact) mass is 646 g/mol. The Morgan fingerprint density at radius 1 is 1.24 bits per heavy atom. The summed E-state index contributed by atoms with van der Waals surface area (Å²) in [4.78, 5) is 27.3. The van der Waals surface area contributed by atoms with Crippen LogP contribution in [-0.2, 0) is 24.2 Å². The normalized spacial score (nSPS) is 15.7. The average molecular weight is 648 g/mol. The summed E-state index contributed by atoms with van der Waals surface area (Å²) >= 11 is 14.9. The number of rotatable bonds is 9. The Labute approximate surface area is 265 Å². The number of benzene rings is 1. The first-order valence-corrected chi connectivity index (χ1v) is 16.6. The first-order chi connectivity index (χ1) is 19.8. The number of nitrogens with zero attached hydrogens (tertiary/aromatic N) is 4. The van der Waals surface area contributed by atoms with E-state index in [9.17, 15) is 14.9 Å². The number of nitriles is 1. The Bertz CT molecular complexity index is 1520. The third kappa shape index (κ3) is 7.13. The van der Waals surface area contributed by atoms with Crippen molar-refractivity contribution in [2.24, 2.45) is 17.3 Å². The molecule has 0 unspecified atom stereocenters. The molecule has 1 aliphatic rings. The van der Waals surface area contributed by atoms with Gasteiger partial charge in [-0.3, -0.25) is 9.59 Å². The zero-order chi connectivity index (χ0) is 30.8. The molecule has 3 aromatic rings. The molecule has 1 aromatic carbocycles. The number of hydrogen-bond donors (Lipinski definition) is 2. The van der Waals surface area contributed by atoms with Crippen molar-refractivity contribution < 1.29 is 9.59 Å². The van der Waals surface area contributed by atoms with E-state index in [1.165, 1.54) is 34.0 Å². The third-order valence-corrected chi connectivity index (χ3v) is 10.5. The molecule has 2 N–H and O–H groups in total. The Kier molecular flexibility index (Phi) is 10.3. The van der Waals surface area contributed by atoms with Gasteiger partial charge < -0.3 is 15.2 Å². The van der Waals surface area contributed by atoms with Gasteiger partial charge in [0.2, 0.25) is 5.91 Å². The zero-order valence-corrected chi connectivity index (χ0v) is 27.8. The largest absolute Gasteiger partial charge is 0.342 e. The van der Waals surface area contributed by atoms with E-state index in [4.69, 9.17) is 23.2 Å². The van der Waals surface area contributed by atoms with Crippen LogP contribution in [0.25, 0.3) is 0 Å². The standard InChI is InChI=1S/C30H36Cl2N6O2S2/c1-7-38-26(25(16(2)3)35-27(40)17-8-11-21(31)22(32)12-17)36-37-29(38)41-15-24(39)34-28-20(14-33)19-10-9-18(30(4,5)6)13-23(19)42-28/h8,11-12,16,18,25H,7,9-10,13,15H2,1-6H3,(H,34,39)(H,35,40)/t18-,25+/m1/s1. The highest BCUT2D eigenvalue weighted by molar-refractivity contribution is 7.99. The molecular weight excluding hydrogens is 611 g/mol. The molecular formula is C30H36Cl2N6O2S2. The molecule has 0 saturated carbocycles. The van der Waals surface area contributed by atoms with Crippen molar-refractivity contribution in [3.05, 3.63) is 55.6 Å². The van der Waals surface area contributed by atoms with Crippen molar-refractivity contribution in [3.8, 4) is 6.07 Å². The highest BCUT2D eigenvalue weighted by Gasteiger charge is 2.32. The smallest absolute Gasteiger partial charge is 0.251 e. The average Bonchev–Trinajstić information content (AvgIpc) is 3.50. The van der Waals surface area contributed by atoms with Gasteiger partial charge in [0.05, 0.1) is 27.4 Å². The van der Waals surface area contributed by atoms with Crippen molar-refractivity contribution in [2.75, 3.05) is 11.1 Å². The fourth-order valence-electron chi connectivity index (χ4n) is 5.15. The Morgan fingerprint density at radius 2 is 1.98 bits per heavy atom. The molecule has 2 amide bonds. The van der Waals surface area contributed by atoms with Gasteiger partial charge in [0.1, 0.15) is 11.1 Å². The van der Waals surface area contributed by atoms with Crippen molar-refractivity contribution in [1.29, 1.82) is 5.26 Å². The van der Waals surface area contributed by atoms with Gasteiger partial charge in [0.15, 0.2) is 11.0 Å². The molecule has 2 heterocycles. The first-order valence-electron chi connectivity index (χ1n) is 14.0. The summed E-state index contributed by atoms with van der Waals surface area (Å²) in [6.07, 6.45) is 2.84. The van der Waals surface area contributed by atoms with E-state index in [1.807, 2.05) is 25.3 Å². The maximum atomic E-state index is 13.0. The summed E-state index contributed by atoms with van der Waals surface area (Å²) in [6.45, 7) is 13.3. The Morgan fingerprint density at radius 3 is 2.60 bits per heavy atom. The fourth-order valence-corrected chi connectivity index (χ4v) is 7.55. The predicted octanol–water partition coefficient (Wildman–Crippen LogP) is 7.55. The third-order valence-electron chi connectivity index (χ3n) is 7.66. The minimum absolute atomic E-state index is 0.0134. The van der Waals surface area contributed by atoms with Crippen LogP contribution in [0.4, 0.5) is 5.00 Å². The summed E-state index contributed by atoms with van der Waals surface area (Å²) in [6, 6.07) is 6.65. The van der Waals surface area contributed by atoms with E-state index in [-0.39, 0.29) is 28.9 Å². The van der Waals surface area contributed by atoms with Gasteiger partial charge in [-0.1, -0.05) is 69.6 Å². The van der Waals surface area contributed by atoms with Crippen LogP contribution >= 0.6 is 46.3 Å². The quantitative estimate of drug-likeness (QED) is 0.232. The minimum atomic E-state index is -0.421. The van der Waals surface area contributed by atoms with Crippen molar-refractivity contribution in [1.82, 2.24) is 20.1 Å². The van der Waals surface area contributed by atoms with Crippen LogP contribution in [0, 0.1) is 28.6 Å². The molecule has 42 heavy (non-hydrogen) atoms. The maximum Gasteiger partial charge on any atom is 0.251 e. The molecule has 8 nitrogen and oxygen atoms in total. The van der Waals surface area contributed by atoms with Gasteiger partial charge >= 0.3 is 0 Å².